The average Bonchev–Trinajstić information content (AvgIpc) is 2.47. The molecule has 2 aromatic carbocycles. The van der Waals surface area contributed by atoms with Crippen LogP contribution in [0, 0.1) is 0 Å². The molecule has 2 N–H and O–H groups in total. The Morgan fingerprint density at radius 3 is 1.95 bits per heavy atom. The van der Waals surface area contributed by atoms with E-state index in [1.807, 2.05) is 42.5 Å². The van der Waals surface area contributed by atoms with Gasteiger partial charge in [0.05, 0.1) is 12.7 Å². The lowest BCUT2D eigenvalue weighted by molar-refractivity contribution is 0.138. The summed E-state index contributed by atoms with van der Waals surface area (Å²) in [6.07, 6.45) is -0.232. The summed E-state index contributed by atoms with van der Waals surface area (Å²) in [6, 6.07) is 16.8. The van der Waals surface area contributed by atoms with Gasteiger partial charge in [0.1, 0.15) is 5.25 Å². The Balaban J connectivity index is 2.27. The summed E-state index contributed by atoms with van der Waals surface area (Å²) in [5.41, 5.74) is 2.49. The molecule has 0 radical (unpaired) electrons. The van der Waals surface area contributed by atoms with Crippen molar-refractivity contribution in [2.75, 3.05) is 12.9 Å². The number of hydrogen-bond donors (Lipinski definition) is 2. The zero-order valence-corrected chi connectivity index (χ0v) is 12.5. The largest absolute Gasteiger partial charge is 0.395 e. The summed E-state index contributed by atoms with van der Waals surface area (Å²) >= 11 is 0. The summed E-state index contributed by atoms with van der Waals surface area (Å²) in [5, 5.41) is 18.1. The molecule has 5 heteroatoms. The van der Waals surface area contributed by atoms with Crippen molar-refractivity contribution in [1.82, 2.24) is 0 Å². The smallest absolute Gasteiger partial charge is 0.155 e. The highest BCUT2D eigenvalue weighted by Gasteiger charge is 2.29. The second-order valence-electron chi connectivity index (χ2n) is 4.98. The van der Waals surface area contributed by atoms with Gasteiger partial charge in [0.15, 0.2) is 9.84 Å². The molecule has 0 bridgehead atoms. The van der Waals surface area contributed by atoms with Crippen molar-refractivity contribution in [1.29, 1.82) is 0 Å². The number of rotatable bonds is 5. The average molecular weight is 306 g/mol. The summed E-state index contributed by atoms with van der Waals surface area (Å²) < 4.78 is 23.1. The maximum absolute atomic E-state index is 11.5. The SMILES string of the molecule is CS(=O)(=O)[C@@H](CO)[C@@H](O)c1ccc(-c2ccccc2)cc1. The van der Waals surface area contributed by atoms with Gasteiger partial charge in [-0.2, -0.15) is 0 Å². The maximum atomic E-state index is 11.5. The van der Waals surface area contributed by atoms with Crippen LogP contribution in [-0.2, 0) is 9.84 Å². The van der Waals surface area contributed by atoms with Crippen LogP contribution >= 0.6 is 0 Å². The van der Waals surface area contributed by atoms with Crippen LogP contribution in [0.15, 0.2) is 54.6 Å². The van der Waals surface area contributed by atoms with Gasteiger partial charge in [-0.15, -0.1) is 0 Å². The molecule has 112 valence electrons. The lowest BCUT2D eigenvalue weighted by atomic mass is 10.0. The minimum absolute atomic E-state index is 0.471. The molecule has 0 saturated heterocycles. The minimum atomic E-state index is -3.52. The van der Waals surface area contributed by atoms with Gasteiger partial charge in [-0.1, -0.05) is 54.6 Å². The van der Waals surface area contributed by atoms with Crippen molar-refractivity contribution >= 4 is 9.84 Å². The Morgan fingerprint density at radius 1 is 0.952 bits per heavy atom. The van der Waals surface area contributed by atoms with Gasteiger partial charge in [-0.25, -0.2) is 8.42 Å². The van der Waals surface area contributed by atoms with Gasteiger partial charge in [-0.3, -0.25) is 0 Å². The number of aliphatic hydroxyl groups is 2. The Labute approximate surface area is 124 Å². The Hall–Kier alpha value is -1.69. The molecular weight excluding hydrogens is 288 g/mol. The second-order valence-corrected chi connectivity index (χ2v) is 7.25. The van der Waals surface area contributed by atoms with E-state index >= 15 is 0 Å². The molecule has 0 unspecified atom stereocenters. The highest BCUT2D eigenvalue weighted by Crippen LogP contribution is 2.25. The fourth-order valence-corrected chi connectivity index (χ4v) is 3.08. The van der Waals surface area contributed by atoms with Crippen molar-refractivity contribution < 1.29 is 18.6 Å². The molecule has 0 heterocycles. The normalized spacial score (nSPS) is 14.6. The predicted molar refractivity (Wildman–Crippen MR) is 82.6 cm³/mol. The lowest BCUT2D eigenvalue weighted by Gasteiger charge is -2.19. The zero-order valence-electron chi connectivity index (χ0n) is 11.7. The van der Waals surface area contributed by atoms with Gasteiger partial charge in [0, 0.05) is 6.26 Å². The van der Waals surface area contributed by atoms with Gasteiger partial charge in [0.2, 0.25) is 0 Å². The van der Waals surface area contributed by atoms with Gasteiger partial charge in [0.25, 0.3) is 0 Å². The van der Waals surface area contributed by atoms with E-state index in [-0.39, 0.29) is 0 Å². The van der Waals surface area contributed by atoms with Gasteiger partial charge in [-0.05, 0) is 16.7 Å². The van der Waals surface area contributed by atoms with Crippen molar-refractivity contribution in [3.05, 3.63) is 60.2 Å². The van der Waals surface area contributed by atoms with Crippen LogP contribution in [0.2, 0.25) is 0 Å². The molecule has 0 aromatic heterocycles. The molecule has 0 amide bonds. The van der Waals surface area contributed by atoms with E-state index < -0.39 is 27.8 Å². The highest BCUT2D eigenvalue weighted by atomic mass is 32.2. The molecule has 21 heavy (non-hydrogen) atoms. The molecule has 0 saturated carbocycles. The third-order valence-electron chi connectivity index (χ3n) is 3.44. The third-order valence-corrected chi connectivity index (χ3v) is 4.95. The van der Waals surface area contributed by atoms with E-state index in [9.17, 15) is 18.6 Å². The highest BCUT2D eigenvalue weighted by molar-refractivity contribution is 7.91. The summed E-state index contributed by atoms with van der Waals surface area (Å²) in [6.45, 7) is -0.611. The Kier molecular flexibility index (Phi) is 4.77. The second kappa shape index (κ2) is 6.39. The van der Waals surface area contributed by atoms with E-state index in [4.69, 9.17) is 0 Å². The monoisotopic (exact) mass is 306 g/mol. The molecule has 0 fully saturated rings. The summed E-state index contributed by atoms with van der Waals surface area (Å²) in [7, 11) is -3.52. The van der Waals surface area contributed by atoms with Crippen molar-refractivity contribution in [3.63, 3.8) is 0 Å². The molecule has 2 rings (SSSR count). The third kappa shape index (κ3) is 3.69. The number of sulfone groups is 1. The minimum Gasteiger partial charge on any atom is -0.395 e. The van der Waals surface area contributed by atoms with Crippen LogP contribution in [0.1, 0.15) is 11.7 Å². The standard InChI is InChI=1S/C16H18O4S/c1-21(19,20)15(11-17)16(18)14-9-7-13(8-10-14)12-5-3-2-4-6-12/h2-10,15-18H,11H2,1H3/t15-,16-/m0/s1. The van der Waals surface area contributed by atoms with Crippen LogP contribution < -0.4 is 0 Å². The topological polar surface area (TPSA) is 74.6 Å². The summed E-state index contributed by atoms with van der Waals surface area (Å²) in [4.78, 5) is 0. The van der Waals surface area contributed by atoms with Crippen molar-refractivity contribution in [2.45, 2.75) is 11.4 Å². The molecular formula is C16H18O4S. The lowest BCUT2D eigenvalue weighted by Crippen LogP contribution is -2.31. The first-order chi connectivity index (χ1) is 9.93. The van der Waals surface area contributed by atoms with Crippen LogP contribution in [0.25, 0.3) is 11.1 Å². The predicted octanol–water partition coefficient (Wildman–Crippen LogP) is 1.79. The molecule has 0 aliphatic heterocycles. The van der Waals surface area contributed by atoms with Gasteiger partial charge >= 0.3 is 0 Å². The van der Waals surface area contributed by atoms with E-state index in [1.165, 1.54) is 0 Å². The van der Waals surface area contributed by atoms with Crippen LogP contribution in [0.4, 0.5) is 0 Å². The first-order valence-corrected chi connectivity index (χ1v) is 8.52. The van der Waals surface area contributed by atoms with Crippen LogP contribution in [0.3, 0.4) is 0 Å². The maximum Gasteiger partial charge on any atom is 0.155 e. The molecule has 2 atom stereocenters. The molecule has 0 aliphatic rings. The Bertz CT molecular complexity index is 678. The zero-order chi connectivity index (χ0) is 15.5. The Morgan fingerprint density at radius 2 is 1.48 bits per heavy atom. The fraction of sp³-hybridized carbons (Fsp3) is 0.250. The van der Waals surface area contributed by atoms with Crippen molar-refractivity contribution in [2.24, 2.45) is 0 Å². The van der Waals surface area contributed by atoms with Gasteiger partial charge < -0.3 is 10.2 Å². The summed E-state index contributed by atoms with van der Waals surface area (Å²) in [5.74, 6) is 0. The quantitative estimate of drug-likeness (QED) is 0.883. The molecule has 0 spiro atoms. The number of aliphatic hydroxyl groups excluding tert-OH is 2. The molecule has 2 aromatic rings. The van der Waals surface area contributed by atoms with Crippen molar-refractivity contribution in [3.8, 4) is 11.1 Å². The van der Waals surface area contributed by atoms with E-state index in [0.29, 0.717) is 5.56 Å². The van der Waals surface area contributed by atoms with Crippen LogP contribution in [-0.4, -0.2) is 36.7 Å². The molecule has 0 aliphatic carbocycles. The van der Waals surface area contributed by atoms with Crippen LogP contribution in [0.5, 0.6) is 0 Å². The first-order valence-electron chi connectivity index (χ1n) is 6.56. The number of hydrogen-bond acceptors (Lipinski definition) is 4. The number of benzene rings is 2. The van der Waals surface area contributed by atoms with E-state index in [2.05, 4.69) is 0 Å². The molecule has 4 nitrogen and oxygen atoms in total. The fourth-order valence-electron chi connectivity index (χ4n) is 2.19. The van der Waals surface area contributed by atoms with E-state index in [1.54, 1.807) is 12.1 Å². The van der Waals surface area contributed by atoms with E-state index in [0.717, 1.165) is 17.4 Å². The first kappa shape index (κ1) is 15.7.